The highest BCUT2D eigenvalue weighted by Crippen LogP contribution is 2.25. The monoisotopic (exact) mass is 619 g/mol. The Balaban J connectivity index is 1.60. The van der Waals surface area contributed by atoms with Crippen LogP contribution in [0.4, 0.5) is 9.18 Å². The van der Waals surface area contributed by atoms with Crippen LogP contribution in [0.3, 0.4) is 0 Å². The van der Waals surface area contributed by atoms with Crippen molar-refractivity contribution in [1.29, 1.82) is 0 Å². The summed E-state index contributed by atoms with van der Waals surface area (Å²) in [4.78, 5) is 57.2. The number of hydrogen-bond acceptors (Lipinski definition) is 6. The molecule has 10 heteroatoms. The van der Waals surface area contributed by atoms with Gasteiger partial charge in [-0.15, -0.1) is 0 Å². The lowest BCUT2D eigenvalue weighted by Gasteiger charge is -2.45. The first-order valence-corrected chi connectivity index (χ1v) is 15.2. The number of halogens is 1. The number of hydrogen-bond donors (Lipinski definition) is 1. The van der Waals surface area contributed by atoms with E-state index in [0.717, 1.165) is 16.3 Å². The number of carbonyl (C=O) groups is 4. The number of nitrogens with zero attached hydrogens (tertiary/aromatic N) is 2. The van der Waals surface area contributed by atoms with Crippen molar-refractivity contribution in [2.24, 2.45) is 5.92 Å². The van der Waals surface area contributed by atoms with Gasteiger partial charge in [-0.3, -0.25) is 9.59 Å². The quantitative estimate of drug-likeness (QED) is 0.342. The number of nitrogens with one attached hydrogen (secondary N) is 1. The van der Waals surface area contributed by atoms with E-state index in [2.05, 4.69) is 5.32 Å². The summed E-state index contributed by atoms with van der Waals surface area (Å²) in [6, 6.07) is 16.6. The minimum absolute atomic E-state index is 0.0598. The van der Waals surface area contributed by atoms with E-state index < -0.39 is 47.5 Å². The summed E-state index contributed by atoms with van der Waals surface area (Å²) < 4.78 is 24.2. The van der Waals surface area contributed by atoms with Crippen LogP contribution in [0.15, 0.2) is 66.7 Å². The molecule has 1 saturated heterocycles. The molecular formula is C35H42FN3O6. The number of rotatable bonds is 9. The van der Waals surface area contributed by atoms with Gasteiger partial charge in [0, 0.05) is 25.9 Å². The van der Waals surface area contributed by atoms with E-state index >= 15 is 0 Å². The van der Waals surface area contributed by atoms with E-state index in [1.807, 2.05) is 56.3 Å². The van der Waals surface area contributed by atoms with E-state index in [-0.39, 0.29) is 37.8 Å². The second kappa shape index (κ2) is 14.1. The van der Waals surface area contributed by atoms with Gasteiger partial charge in [0.2, 0.25) is 11.8 Å². The predicted octanol–water partition coefficient (Wildman–Crippen LogP) is 4.89. The van der Waals surface area contributed by atoms with Gasteiger partial charge in [0.25, 0.3) is 0 Å². The second-order valence-electron chi connectivity index (χ2n) is 12.7. The molecular weight excluding hydrogens is 577 g/mol. The Kier molecular flexibility index (Phi) is 10.5. The van der Waals surface area contributed by atoms with Gasteiger partial charge in [-0.25, -0.2) is 14.0 Å². The van der Waals surface area contributed by atoms with Crippen LogP contribution < -0.4 is 5.32 Å². The average molecular weight is 620 g/mol. The molecule has 0 bridgehead atoms. The lowest BCUT2D eigenvalue weighted by Crippen LogP contribution is -2.66. The van der Waals surface area contributed by atoms with E-state index in [9.17, 15) is 23.6 Å². The molecule has 3 atom stereocenters. The fourth-order valence-corrected chi connectivity index (χ4v) is 5.72. The number of methoxy groups -OCH3 is 1. The van der Waals surface area contributed by atoms with Crippen LogP contribution in [0.2, 0.25) is 0 Å². The van der Waals surface area contributed by atoms with Gasteiger partial charge in [0.1, 0.15) is 29.5 Å². The molecule has 0 aliphatic carbocycles. The summed E-state index contributed by atoms with van der Waals surface area (Å²) in [6.45, 7) is 9.03. The molecule has 3 aromatic carbocycles. The molecule has 4 rings (SSSR count). The maximum absolute atomic E-state index is 14.1. The van der Waals surface area contributed by atoms with Crippen molar-refractivity contribution >= 4 is 34.6 Å². The zero-order valence-corrected chi connectivity index (χ0v) is 26.7. The van der Waals surface area contributed by atoms with Crippen molar-refractivity contribution in [2.45, 2.75) is 71.2 Å². The van der Waals surface area contributed by atoms with Gasteiger partial charge in [-0.1, -0.05) is 68.4 Å². The molecule has 1 N–H and O–H groups in total. The Morgan fingerprint density at radius 1 is 0.933 bits per heavy atom. The number of alkyl carbamates (subject to hydrolysis) is 1. The molecule has 240 valence electrons. The molecule has 1 fully saturated rings. The highest BCUT2D eigenvalue weighted by Gasteiger charge is 2.45. The molecule has 0 spiro atoms. The van der Waals surface area contributed by atoms with Crippen molar-refractivity contribution in [2.75, 3.05) is 20.2 Å². The maximum atomic E-state index is 14.1. The topological polar surface area (TPSA) is 105 Å². The lowest BCUT2D eigenvalue weighted by atomic mass is 9.94. The summed E-state index contributed by atoms with van der Waals surface area (Å²) in [5.41, 5.74) is 0.694. The summed E-state index contributed by atoms with van der Waals surface area (Å²) in [5, 5.41) is 4.75. The minimum atomic E-state index is -1.08. The molecule has 45 heavy (non-hydrogen) atoms. The van der Waals surface area contributed by atoms with E-state index in [1.165, 1.54) is 29.0 Å². The number of ether oxygens (including phenoxy) is 2. The first-order valence-electron chi connectivity index (χ1n) is 15.2. The Morgan fingerprint density at radius 2 is 1.58 bits per heavy atom. The fraction of sp³-hybridized carbons (Fsp3) is 0.429. The van der Waals surface area contributed by atoms with Crippen LogP contribution in [0.1, 0.15) is 45.7 Å². The van der Waals surface area contributed by atoms with E-state index in [1.54, 1.807) is 32.9 Å². The number of carbonyl (C=O) groups excluding carboxylic acids is 4. The van der Waals surface area contributed by atoms with Gasteiger partial charge in [-0.2, -0.15) is 0 Å². The molecule has 0 radical (unpaired) electrons. The van der Waals surface area contributed by atoms with Crippen LogP contribution in [-0.4, -0.2) is 77.6 Å². The third-order valence-corrected chi connectivity index (χ3v) is 7.80. The summed E-state index contributed by atoms with van der Waals surface area (Å²) >= 11 is 0. The highest BCUT2D eigenvalue weighted by atomic mass is 19.1. The zero-order valence-electron chi connectivity index (χ0n) is 26.7. The zero-order chi connectivity index (χ0) is 32.9. The van der Waals surface area contributed by atoms with Crippen LogP contribution >= 0.6 is 0 Å². The van der Waals surface area contributed by atoms with Crippen LogP contribution in [0.25, 0.3) is 10.8 Å². The second-order valence-corrected chi connectivity index (χ2v) is 12.7. The first kappa shape index (κ1) is 33.4. The number of piperazine rings is 1. The van der Waals surface area contributed by atoms with Crippen molar-refractivity contribution in [3.8, 4) is 0 Å². The lowest BCUT2D eigenvalue weighted by molar-refractivity contribution is -0.163. The summed E-state index contributed by atoms with van der Waals surface area (Å²) in [7, 11) is 1.29. The van der Waals surface area contributed by atoms with Crippen molar-refractivity contribution in [3.05, 3.63) is 83.7 Å². The third-order valence-electron chi connectivity index (χ3n) is 7.80. The Labute approximate surface area is 263 Å². The minimum Gasteiger partial charge on any atom is -0.467 e. The molecule has 9 nitrogen and oxygen atoms in total. The average Bonchev–Trinajstić information content (AvgIpc) is 2.98. The highest BCUT2D eigenvalue weighted by molar-refractivity contribution is 5.94. The van der Waals surface area contributed by atoms with Crippen molar-refractivity contribution in [1.82, 2.24) is 15.1 Å². The molecule has 0 aromatic heterocycles. The van der Waals surface area contributed by atoms with Gasteiger partial charge in [0.05, 0.1) is 7.11 Å². The third kappa shape index (κ3) is 8.38. The van der Waals surface area contributed by atoms with Crippen LogP contribution in [0, 0.1) is 11.7 Å². The number of esters is 1. The van der Waals surface area contributed by atoms with Crippen molar-refractivity contribution in [3.63, 3.8) is 0 Å². The number of fused-ring (bicyclic) bond motifs is 1. The summed E-state index contributed by atoms with van der Waals surface area (Å²) in [6.07, 6.45) is -0.477. The molecule has 1 aliphatic heterocycles. The number of benzene rings is 3. The first-order chi connectivity index (χ1) is 21.3. The maximum Gasteiger partial charge on any atom is 0.408 e. The number of amides is 3. The Hall–Kier alpha value is -4.47. The fourth-order valence-electron chi connectivity index (χ4n) is 5.72. The SMILES string of the molecule is COC(=O)[C@H](Cc1ccc2ccccc2c1)N1CCN(C(=O)[C@@H](Cc2ccc(F)cc2)NC(=O)OC(C)(C)C)[C@@H](C(C)C)C1=O. The van der Waals surface area contributed by atoms with Gasteiger partial charge < -0.3 is 24.6 Å². The largest absolute Gasteiger partial charge is 0.467 e. The molecule has 1 aliphatic rings. The van der Waals surface area contributed by atoms with Gasteiger partial charge >= 0.3 is 12.1 Å². The van der Waals surface area contributed by atoms with Crippen LogP contribution in [-0.2, 0) is 36.7 Å². The summed E-state index contributed by atoms with van der Waals surface area (Å²) in [5.74, 6) is -2.12. The van der Waals surface area contributed by atoms with Gasteiger partial charge in [-0.05, 0) is 60.7 Å². The molecule has 0 saturated carbocycles. The smallest absolute Gasteiger partial charge is 0.408 e. The Morgan fingerprint density at radius 3 is 2.20 bits per heavy atom. The van der Waals surface area contributed by atoms with E-state index in [4.69, 9.17) is 9.47 Å². The Bertz CT molecular complexity index is 1530. The van der Waals surface area contributed by atoms with Crippen molar-refractivity contribution < 1.29 is 33.0 Å². The normalized spacial score (nSPS) is 16.8. The van der Waals surface area contributed by atoms with E-state index in [0.29, 0.717) is 5.56 Å². The predicted molar refractivity (Wildman–Crippen MR) is 169 cm³/mol. The molecule has 3 amide bonds. The molecule has 0 unspecified atom stereocenters. The molecule has 3 aromatic rings. The van der Waals surface area contributed by atoms with Gasteiger partial charge in [0.15, 0.2) is 0 Å². The molecule has 1 heterocycles. The van der Waals surface area contributed by atoms with Crippen LogP contribution in [0.5, 0.6) is 0 Å². The standard InChI is InChI=1S/C35H42FN3O6/c1-22(2)30-32(41)38(29(33(42)44-6)21-24-11-14-25-9-7-8-10-26(25)19-24)17-18-39(30)31(40)28(37-34(43)45-35(3,4)5)20-23-12-15-27(36)16-13-23/h7-16,19,22,28-30H,17-18,20-21H2,1-6H3,(H,37,43)/t28-,29+,30+/m1/s1.